The third-order valence-electron chi connectivity index (χ3n) is 0. The Bertz CT molecular complexity index is 6.00. The highest BCUT2D eigenvalue weighted by Crippen LogP contribution is 1.56. The lowest BCUT2D eigenvalue weighted by Crippen LogP contribution is -1.34. The van der Waals surface area contributed by atoms with E-state index in [0.29, 0.717) is 0 Å². The highest BCUT2D eigenvalue weighted by Gasteiger charge is 1.44. The number of hydrogen-bond acceptors (Lipinski definition) is 0. The molecule has 4 heavy (non-hydrogen) atoms. The molecule has 28 valence electrons. The highest BCUT2D eigenvalue weighted by molar-refractivity contribution is 5.75. The van der Waals surface area contributed by atoms with Crippen LogP contribution in [-0.2, 0) is 0 Å². The molecular weight excluding hydrogens is 78.1 g/mol. The second-order valence-electron chi connectivity index (χ2n) is 0.101. The van der Waals surface area contributed by atoms with E-state index in [1.807, 2.05) is 0 Å². The van der Waals surface area contributed by atoms with Gasteiger partial charge in [0.2, 0.25) is 6.93 Å². The molecule has 0 rings (SSSR count). The summed E-state index contributed by atoms with van der Waals surface area (Å²) < 4.78 is 19.2. The van der Waals surface area contributed by atoms with Crippen LogP contribution in [0, 0.1) is 0 Å². The van der Waals surface area contributed by atoms with Crippen LogP contribution in [0.3, 0.4) is 0 Å². The molecule has 0 radical (unpaired) electrons. The van der Waals surface area contributed by atoms with E-state index < -0.39 is 6.93 Å². The third-order valence-corrected chi connectivity index (χ3v) is 0. The molecule has 0 heterocycles. The summed E-state index contributed by atoms with van der Waals surface area (Å²) in [6.45, 7) is -1.75. The van der Waals surface area contributed by atoms with Crippen molar-refractivity contribution in [2.24, 2.45) is 0 Å². The number of halogens is 2. The zero-order valence-electron chi connectivity index (χ0n) is 1.46. The summed E-state index contributed by atoms with van der Waals surface area (Å²) in [6.07, 6.45) is 0. The van der Waals surface area contributed by atoms with Crippen molar-refractivity contribution in [1.29, 1.82) is 0 Å². The highest BCUT2D eigenvalue weighted by atomic mass is 28.1. The Morgan fingerprint density at radius 3 is 1.25 bits per heavy atom. The first-order chi connectivity index (χ1) is 1.41. The fourth-order valence-electron chi connectivity index (χ4n) is 0. The molecular formula is CH6F2Si. The molecule has 0 aromatic heterocycles. The SMILES string of the molecule is FCF.[SiH4]. The van der Waals surface area contributed by atoms with Crippen molar-refractivity contribution in [3.05, 3.63) is 0 Å². The average Bonchev–Trinajstić information content (AvgIpc) is 0.918. The lowest BCUT2D eigenvalue weighted by Gasteiger charge is -1.42. The van der Waals surface area contributed by atoms with Gasteiger partial charge in [-0.05, 0) is 11.0 Å². The first-order valence-electron chi connectivity index (χ1n) is 0.535. The van der Waals surface area contributed by atoms with Crippen LogP contribution in [0.2, 0.25) is 0 Å². The van der Waals surface area contributed by atoms with Crippen LogP contribution in [0.1, 0.15) is 0 Å². The molecule has 0 aromatic carbocycles. The molecule has 0 aromatic rings. The summed E-state index contributed by atoms with van der Waals surface area (Å²) in [7, 11) is 0. The van der Waals surface area contributed by atoms with E-state index in [4.69, 9.17) is 0 Å². The Labute approximate surface area is 27.8 Å². The minimum atomic E-state index is -1.75. The van der Waals surface area contributed by atoms with Crippen LogP contribution < -0.4 is 0 Å². The zero-order chi connectivity index (χ0) is 2.71. The van der Waals surface area contributed by atoms with E-state index in [1.165, 1.54) is 0 Å². The Hall–Kier alpha value is 0.0769. The third kappa shape index (κ3) is 407. The van der Waals surface area contributed by atoms with Crippen LogP contribution in [0.25, 0.3) is 0 Å². The van der Waals surface area contributed by atoms with Gasteiger partial charge in [0.1, 0.15) is 0 Å². The van der Waals surface area contributed by atoms with E-state index >= 15 is 0 Å². The molecule has 0 N–H and O–H groups in total. The molecule has 0 spiro atoms. The van der Waals surface area contributed by atoms with Crippen LogP contribution >= 0.6 is 0 Å². The van der Waals surface area contributed by atoms with Gasteiger partial charge in [-0.1, -0.05) is 0 Å². The van der Waals surface area contributed by atoms with Gasteiger partial charge in [0.05, 0.1) is 0 Å². The van der Waals surface area contributed by atoms with Crippen molar-refractivity contribution in [3.63, 3.8) is 0 Å². The largest absolute Gasteiger partial charge is 0.229 e. The van der Waals surface area contributed by atoms with Gasteiger partial charge in [-0.25, -0.2) is 8.78 Å². The molecule has 0 amide bonds. The van der Waals surface area contributed by atoms with Gasteiger partial charge in [0, 0.05) is 0 Å². The molecule has 0 bridgehead atoms. The van der Waals surface area contributed by atoms with E-state index in [-0.39, 0.29) is 11.0 Å². The predicted molar refractivity (Wildman–Crippen MR) is 18.4 cm³/mol. The Balaban J connectivity index is 0. The lowest BCUT2D eigenvalue weighted by atomic mass is 11.7. The van der Waals surface area contributed by atoms with Crippen LogP contribution in [0.5, 0.6) is 0 Å². The monoisotopic (exact) mass is 84.0 g/mol. The molecule has 3 heteroatoms. The average molecular weight is 84.1 g/mol. The number of rotatable bonds is 0. The Kier molecular flexibility index (Phi) is 25.6. The first kappa shape index (κ1) is 8.95. The van der Waals surface area contributed by atoms with Gasteiger partial charge in [-0.3, -0.25) is 0 Å². The fraction of sp³-hybridized carbons (Fsp3) is 1.00. The van der Waals surface area contributed by atoms with E-state index in [0.717, 1.165) is 0 Å². The first-order valence-corrected chi connectivity index (χ1v) is 0.535. The summed E-state index contributed by atoms with van der Waals surface area (Å²) >= 11 is 0. The smallest absolute Gasteiger partial charge is 0.214 e. The normalized spacial score (nSPS) is 4.50. The lowest BCUT2D eigenvalue weighted by molar-refractivity contribution is 0.295. The molecule has 0 atom stereocenters. The topological polar surface area (TPSA) is 0 Å². The minimum Gasteiger partial charge on any atom is -0.214 e. The van der Waals surface area contributed by atoms with Crippen LogP contribution in [-0.4, -0.2) is 17.9 Å². The Morgan fingerprint density at radius 1 is 1.25 bits per heavy atom. The molecule has 0 nitrogen and oxygen atoms in total. The summed E-state index contributed by atoms with van der Waals surface area (Å²) in [5, 5.41) is 0. The van der Waals surface area contributed by atoms with E-state index in [9.17, 15) is 8.78 Å². The van der Waals surface area contributed by atoms with Crippen molar-refractivity contribution in [1.82, 2.24) is 0 Å². The number of hydrogen-bond donors (Lipinski definition) is 0. The quantitative estimate of drug-likeness (QED) is 0.345. The molecule has 0 saturated heterocycles. The molecule has 0 fully saturated rings. The zero-order valence-corrected chi connectivity index (χ0v) is 1.46. The van der Waals surface area contributed by atoms with Crippen molar-refractivity contribution in [3.8, 4) is 0 Å². The maximum absolute atomic E-state index is 9.62. The standard InChI is InChI=1S/CH2F2.H4Si/c2-1-3;/h1H2;1H4. The Morgan fingerprint density at radius 2 is 1.25 bits per heavy atom. The molecule has 0 aliphatic carbocycles. The van der Waals surface area contributed by atoms with Gasteiger partial charge < -0.3 is 0 Å². The molecule has 0 aliphatic heterocycles. The van der Waals surface area contributed by atoms with Crippen molar-refractivity contribution in [2.45, 2.75) is 0 Å². The van der Waals surface area contributed by atoms with Gasteiger partial charge in [-0.2, -0.15) is 0 Å². The molecule has 0 saturated carbocycles. The molecule has 0 unspecified atom stereocenters. The van der Waals surface area contributed by atoms with Gasteiger partial charge >= 0.3 is 0 Å². The maximum Gasteiger partial charge on any atom is 0.229 e. The van der Waals surface area contributed by atoms with Crippen LogP contribution in [0.15, 0.2) is 0 Å². The fourth-order valence-corrected chi connectivity index (χ4v) is 0. The summed E-state index contributed by atoms with van der Waals surface area (Å²) in [5.74, 6) is 0. The van der Waals surface area contributed by atoms with E-state index in [1.54, 1.807) is 0 Å². The van der Waals surface area contributed by atoms with Gasteiger partial charge in [0.25, 0.3) is 0 Å². The second kappa shape index (κ2) is 11.4. The summed E-state index contributed by atoms with van der Waals surface area (Å²) in [5.41, 5.74) is 0. The minimum absolute atomic E-state index is 0. The van der Waals surface area contributed by atoms with Crippen molar-refractivity contribution >= 4 is 11.0 Å². The summed E-state index contributed by atoms with van der Waals surface area (Å²) in [6, 6.07) is 0. The predicted octanol–water partition coefficient (Wildman–Crippen LogP) is -0.569. The second-order valence-corrected chi connectivity index (χ2v) is 0.101. The van der Waals surface area contributed by atoms with Gasteiger partial charge in [-0.15, -0.1) is 0 Å². The van der Waals surface area contributed by atoms with Crippen molar-refractivity contribution < 1.29 is 8.78 Å². The van der Waals surface area contributed by atoms with Crippen LogP contribution in [0.4, 0.5) is 8.78 Å². The summed E-state index contributed by atoms with van der Waals surface area (Å²) in [4.78, 5) is 0. The molecule has 0 aliphatic rings. The van der Waals surface area contributed by atoms with Crippen molar-refractivity contribution in [2.75, 3.05) is 6.93 Å². The number of alkyl halides is 2. The van der Waals surface area contributed by atoms with Gasteiger partial charge in [0.15, 0.2) is 0 Å². The maximum atomic E-state index is 9.62. The van der Waals surface area contributed by atoms with E-state index in [2.05, 4.69) is 0 Å².